The molecule has 1 atom stereocenters. The molecular formula is C13H11BF8S. The van der Waals surface area contributed by atoms with E-state index in [9.17, 15) is 34.8 Å². The number of rotatable bonds is 1. The van der Waals surface area contributed by atoms with Crippen LogP contribution in [0.5, 0.6) is 0 Å². The molecule has 0 saturated heterocycles. The summed E-state index contributed by atoms with van der Waals surface area (Å²) in [6, 6.07) is 5.32. The fourth-order valence-corrected chi connectivity index (χ4v) is 4.56. The Morgan fingerprint density at radius 3 is 2.00 bits per heavy atom. The van der Waals surface area contributed by atoms with Gasteiger partial charge in [0, 0.05) is 23.4 Å². The van der Waals surface area contributed by atoms with Crippen LogP contribution in [0.25, 0.3) is 10.1 Å². The van der Waals surface area contributed by atoms with Gasteiger partial charge in [-0.15, -0.1) is 13.2 Å². The summed E-state index contributed by atoms with van der Waals surface area (Å²) in [6.45, 7) is 0. The lowest BCUT2D eigenvalue weighted by atomic mass is 9.84. The highest BCUT2D eigenvalue weighted by Crippen LogP contribution is 2.56. The molecule has 3 rings (SSSR count). The van der Waals surface area contributed by atoms with Gasteiger partial charge in [-0.3, -0.25) is 0 Å². The quantitative estimate of drug-likeness (QED) is 0.298. The summed E-state index contributed by atoms with van der Waals surface area (Å²) in [5.74, 6) is -0.566. The second-order valence-corrected chi connectivity index (χ2v) is 7.09. The molecule has 128 valence electrons. The Balaban J connectivity index is 0.000000338. The Morgan fingerprint density at radius 2 is 1.57 bits per heavy atom. The van der Waals surface area contributed by atoms with E-state index in [0.29, 0.717) is 10.3 Å². The highest BCUT2D eigenvalue weighted by atomic mass is 32.2. The molecule has 2 aromatic rings. The van der Waals surface area contributed by atoms with Gasteiger partial charge in [-0.1, -0.05) is 6.42 Å². The first kappa shape index (κ1) is 18.0. The molecule has 0 radical (unpaired) electrons. The predicted molar refractivity (Wildman–Crippen MR) is 74.5 cm³/mol. The molecule has 1 unspecified atom stereocenters. The SMILES string of the molecule is F[B-](F)(F)F.Fc1ccc2cc(C3CCC3)[s+](C(F)(F)F)c2c1. The zero-order chi connectivity index (χ0) is 17.4. The molecule has 1 aliphatic rings. The van der Waals surface area contributed by atoms with Crippen molar-refractivity contribution in [2.75, 3.05) is 0 Å². The van der Waals surface area contributed by atoms with E-state index < -0.39 is 29.0 Å². The zero-order valence-corrected chi connectivity index (χ0v) is 12.3. The number of thiophene rings is 1. The van der Waals surface area contributed by atoms with E-state index in [-0.39, 0.29) is 10.6 Å². The lowest BCUT2D eigenvalue weighted by Gasteiger charge is -2.21. The van der Waals surface area contributed by atoms with Gasteiger partial charge >= 0.3 is 12.8 Å². The largest absolute Gasteiger partial charge is 0.673 e. The molecule has 0 spiro atoms. The first-order valence-electron chi connectivity index (χ1n) is 6.66. The first-order valence-corrected chi connectivity index (χ1v) is 7.89. The minimum absolute atomic E-state index is 0.0328. The molecule has 1 saturated carbocycles. The second-order valence-electron chi connectivity index (χ2n) is 5.10. The van der Waals surface area contributed by atoms with Crippen molar-refractivity contribution < 1.29 is 34.8 Å². The summed E-state index contributed by atoms with van der Waals surface area (Å²) in [7, 11) is -7.93. The monoisotopic (exact) mass is 362 g/mol. The van der Waals surface area contributed by atoms with Crippen LogP contribution in [0.15, 0.2) is 24.3 Å². The Kier molecular flexibility index (Phi) is 4.93. The molecule has 1 heterocycles. The van der Waals surface area contributed by atoms with E-state index in [0.717, 1.165) is 25.3 Å². The number of benzene rings is 1. The van der Waals surface area contributed by atoms with E-state index in [4.69, 9.17) is 0 Å². The molecule has 0 N–H and O–H groups in total. The third-order valence-electron chi connectivity index (χ3n) is 3.47. The number of alkyl halides is 3. The molecule has 0 aliphatic heterocycles. The minimum Gasteiger partial charge on any atom is -0.418 e. The summed E-state index contributed by atoms with van der Waals surface area (Å²) in [5.41, 5.74) is -4.31. The average Bonchev–Trinajstić information content (AvgIpc) is 2.61. The molecule has 23 heavy (non-hydrogen) atoms. The lowest BCUT2D eigenvalue weighted by molar-refractivity contribution is -0.0868. The van der Waals surface area contributed by atoms with Crippen LogP contribution in [0.4, 0.5) is 34.8 Å². The molecule has 1 aliphatic carbocycles. The maximum atomic E-state index is 13.2. The summed E-state index contributed by atoms with van der Waals surface area (Å²) in [5, 5.41) is 0.527. The molecule has 1 aromatic heterocycles. The number of hydrogen-bond acceptors (Lipinski definition) is 0. The second kappa shape index (κ2) is 6.29. The van der Waals surface area contributed by atoms with Crippen LogP contribution in [-0.2, 0) is 5.51 Å². The van der Waals surface area contributed by atoms with Gasteiger partial charge < -0.3 is 17.3 Å². The van der Waals surface area contributed by atoms with Gasteiger partial charge in [0.1, 0.15) is 5.82 Å². The smallest absolute Gasteiger partial charge is 0.418 e. The van der Waals surface area contributed by atoms with Crippen LogP contribution < -0.4 is 0 Å². The van der Waals surface area contributed by atoms with Gasteiger partial charge in [0.05, 0.1) is 10.5 Å². The van der Waals surface area contributed by atoms with E-state index in [1.165, 1.54) is 12.1 Å². The molecule has 0 amide bonds. The molecule has 0 bridgehead atoms. The third-order valence-corrected chi connectivity index (χ3v) is 5.65. The van der Waals surface area contributed by atoms with E-state index in [1.807, 2.05) is 0 Å². The highest BCUT2D eigenvalue weighted by molar-refractivity contribution is 7.38. The fourth-order valence-electron chi connectivity index (χ4n) is 2.38. The molecule has 1 fully saturated rings. The van der Waals surface area contributed by atoms with Gasteiger partial charge in [0.25, 0.3) is 0 Å². The van der Waals surface area contributed by atoms with Gasteiger partial charge in [0.2, 0.25) is 0 Å². The predicted octanol–water partition coefficient (Wildman–Crippen LogP) is 6.77. The van der Waals surface area contributed by atoms with Gasteiger partial charge in [0.15, 0.2) is 9.58 Å². The number of halogens is 8. The zero-order valence-electron chi connectivity index (χ0n) is 11.5. The van der Waals surface area contributed by atoms with Crippen molar-refractivity contribution in [2.24, 2.45) is 0 Å². The first-order chi connectivity index (χ1) is 10.5. The van der Waals surface area contributed by atoms with Crippen LogP contribution in [0.1, 0.15) is 30.1 Å². The van der Waals surface area contributed by atoms with Crippen LogP contribution in [0, 0.1) is 5.82 Å². The van der Waals surface area contributed by atoms with Crippen LogP contribution in [0.3, 0.4) is 0 Å². The summed E-state index contributed by atoms with van der Waals surface area (Å²) >= 11 is 0. The van der Waals surface area contributed by atoms with Gasteiger partial charge in [-0.2, -0.15) is 0 Å². The Labute approximate surface area is 129 Å². The normalized spacial score (nSPS) is 16.8. The van der Waals surface area contributed by atoms with Crippen molar-refractivity contribution in [1.82, 2.24) is 0 Å². The van der Waals surface area contributed by atoms with E-state index >= 15 is 0 Å². The maximum Gasteiger partial charge on any atom is 0.673 e. The van der Waals surface area contributed by atoms with Crippen molar-refractivity contribution in [3.8, 4) is 0 Å². The average molecular weight is 362 g/mol. The Bertz CT molecular complexity index is 678. The molecule has 0 nitrogen and oxygen atoms in total. The maximum absolute atomic E-state index is 13.2. The number of fused-ring (bicyclic) bond motifs is 1. The van der Waals surface area contributed by atoms with Crippen LogP contribution in [0.2, 0.25) is 0 Å². The topological polar surface area (TPSA) is 0 Å². The Morgan fingerprint density at radius 1 is 1.00 bits per heavy atom. The van der Waals surface area contributed by atoms with Crippen molar-refractivity contribution in [3.05, 3.63) is 35.0 Å². The van der Waals surface area contributed by atoms with Crippen molar-refractivity contribution in [1.29, 1.82) is 0 Å². The Hall–Kier alpha value is -1.32. The van der Waals surface area contributed by atoms with E-state index in [1.54, 1.807) is 6.07 Å². The summed E-state index contributed by atoms with van der Waals surface area (Å²) in [4.78, 5) is 0.453. The van der Waals surface area contributed by atoms with Gasteiger partial charge in [-0.25, -0.2) is 4.39 Å². The van der Waals surface area contributed by atoms with Crippen molar-refractivity contribution >= 4 is 27.8 Å². The lowest BCUT2D eigenvalue weighted by Crippen LogP contribution is -2.10. The third kappa shape index (κ3) is 4.59. The number of hydrogen-bond donors (Lipinski definition) is 0. The minimum atomic E-state index is -6.00. The standard InChI is InChI=1S/C13H11F4S.BF4/c14-10-5-4-9-6-11(8-2-1-3-8)18(12(9)7-10)13(15,16)17;2-1(3,4)5/h4-8H,1-3H2;/q+1;-1. The molecular weight excluding hydrogens is 351 g/mol. The summed E-state index contributed by atoms with van der Waals surface area (Å²) in [6.07, 6.45) is 2.63. The van der Waals surface area contributed by atoms with Gasteiger partial charge in [-0.05, 0) is 25.0 Å². The van der Waals surface area contributed by atoms with Crippen LogP contribution >= 0.6 is 10.5 Å². The molecule has 10 heteroatoms. The highest BCUT2D eigenvalue weighted by Gasteiger charge is 2.50. The summed E-state index contributed by atoms with van der Waals surface area (Å²) < 4.78 is 91.8. The molecule has 1 aromatic carbocycles. The van der Waals surface area contributed by atoms with Crippen molar-refractivity contribution in [2.45, 2.75) is 30.7 Å². The van der Waals surface area contributed by atoms with Crippen LogP contribution in [-0.4, -0.2) is 7.25 Å². The fraction of sp³-hybridized carbons (Fsp3) is 0.385. The van der Waals surface area contributed by atoms with Crippen molar-refractivity contribution in [3.63, 3.8) is 0 Å². The van der Waals surface area contributed by atoms with E-state index in [2.05, 4.69) is 0 Å².